The Bertz CT molecular complexity index is 459. The first-order valence-corrected chi connectivity index (χ1v) is 6.14. The average molecular weight is 265 g/mol. The molecule has 2 atom stereocenters. The maximum absolute atomic E-state index is 11.4. The Morgan fingerprint density at radius 3 is 2.42 bits per heavy atom. The molecule has 0 aliphatic heterocycles. The van der Waals surface area contributed by atoms with Crippen molar-refractivity contribution in [2.24, 2.45) is 0 Å². The number of aliphatic hydroxyl groups excluding tert-OH is 2. The van der Waals surface area contributed by atoms with Crippen LogP contribution in [0.25, 0.3) is 0 Å². The molecule has 0 saturated heterocycles. The van der Waals surface area contributed by atoms with Gasteiger partial charge in [0.1, 0.15) is 6.10 Å². The van der Waals surface area contributed by atoms with Gasteiger partial charge in [0.25, 0.3) is 0 Å². The molecule has 0 saturated carbocycles. The lowest BCUT2D eigenvalue weighted by Crippen LogP contribution is -2.28. The second-order valence-corrected chi connectivity index (χ2v) is 4.43. The van der Waals surface area contributed by atoms with E-state index in [-0.39, 0.29) is 24.7 Å². The fourth-order valence-electron chi connectivity index (χ4n) is 1.84. The number of hydrogen-bond donors (Lipinski definition) is 3. The number of rotatable bonds is 6. The molecule has 0 bridgehead atoms. The Morgan fingerprint density at radius 1 is 1.21 bits per heavy atom. The second kappa shape index (κ2) is 7.01. The van der Waals surface area contributed by atoms with Crippen LogP contribution in [0.4, 0.5) is 0 Å². The Labute approximate surface area is 112 Å². The smallest absolute Gasteiger partial charge is 0.216 e. The van der Waals surface area contributed by atoms with Crippen molar-refractivity contribution < 1.29 is 19.8 Å². The van der Waals surface area contributed by atoms with Gasteiger partial charge in [-0.05, 0) is 18.9 Å². The molecular weight excluding hydrogens is 246 g/mol. The topological polar surface area (TPSA) is 86.6 Å². The van der Waals surface area contributed by atoms with Crippen molar-refractivity contribution >= 4 is 11.7 Å². The highest BCUT2D eigenvalue weighted by molar-refractivity contribution is 5.95. The van der Waals surface area contributed by atoms with Gasteiger partial charge in [-0.2, -0.15) is 0 Å². The van der Waals surface area contributed by atoms with Gasteiger partial charge in [-0.3, -0.25) is 9.59 Å². The molecule has 104 valence electrons. The molecule has 1 aromatic carbocycles. The lowest BCUT2D eigenvalue weighted by Gasteiger charge is -2.20. The van der Waals surface area contributed by atoms with Crippen LogP contribution in [-0.2, 0) is 4.79 Å². The molecule has 0 heterocycles. The molecular formula is C14H19NO4. The van der Waals surface area contributed by atoms with Crippen LogP contribution >= 0.6 is 0 Å². The van der Waals surface area contributed by atoms with E-state index in [0.717, 1.165) is 0 Å². The number of nitrogens with one attached hydrogen (secondary N) is 1. The Hall–Kier alpha value is -1.72. The van der Waals surface area contributed by atoms with Gasteiger partial charge in [-0.25, -0.2) is 0 Å². The summed E-state index contributed by atoms with van der Waals surface area (Å²) in [7, 11) is 0. The van der Waals surface area contributed by atoms with Gasteiger partial charge in [0, 0.05) is 19.0 Å². The first kappa shape index (κ1) is 15.3. The van der Waals surface area contributed by atoms with Crippen LogP contribution < -0.4 is 5.32 Å². The van der Waals surface area contributed by atoms with Crippen LogP contribution in [0.2, 0.25) is 0 Å². The summed E-state index contributed by atoms with van der Waals surface area (Å²) in [5, 5.41) is 22.5. The van der Waals surface area contributed by atoms with E-state index < -0.39 is 12.2 Å². The normalized spacial score (nSPS) is 13.7. The zero-order valence-corrected chi connectivity index (χ0v) is 11.1. The number of carbonyl (C=O) groups excluding carboxylic acids is 2. The fourth-order valence-corrected chi connectivity index (χ4v) is 1.84. The standard InChI is InChI=1S/C14H19NO4/c1-9(16)11-5-3-4-6-12(11)14(19)13(18)7-8-15-10(2)17/h3-6,13-14,18-19H,7-8H2,1-2H3,(H,15,17). The summed E-state index contributed by atoms with van der Waals surface area (Å²) in [5.74, 6) is -0.352. The number of amides is 1. The number of Topliss-reactive ketones (excluding diaryl/α,β-unsaturated/α-hetero) is 1. The van der Waals surface area contributed by atoms with Crippen molar-refractivity contribution in [2.75, 3.05) is 6.54 Å². The highest BCUT2D eigenvalue weighted by Gasteiger charge is 2.21. The minimum Gasteiger partial charge on any atom is -0.390 e. The van der Waals surface area contributed by atoms with Crippen LogP contribution in [0.15, 0.2) is 24.3 Å². The third-order valence-electron chi connectivity index (χ3n) is 2.84. The number of aliphatic hydroxyl groups is 2. The zero-order chi connectivity index (χ0) is 14.4. The molecule has 1 aromatic rings. The minimum absolute atomic E-state index is 0.163. The summed E-state index contributed by atoms with van der Waals surface area (Å²) >= 11 is 0. The summed E-state index contributed by atoms with van der Waals surface area (Å²) in [4.78, 5) is 22.2. The van der Waals surface area contributed by atoms with Crippen molar-refractivity contribution in [3.8, 4) is 0 Å². The Kier molecular flexibility index (Phi) is 5.66. The molecule has 0 fully saturated rings. The summed E-state index contributed by atoms with van der Waals surface area (Å²) < 4.78 is 0. The molecule has 0 aliphatic carbocycles. The molecule has 0 radical (unpaired) electrons. The molecule has 5 nitrogen and oxygen atoms in total. The molecule has 0 aromatic heterocycles. The highest BCUT2D eigenvalue weighted by Crippen LogP contribution is 2.22. The monoisotopic (exact) mass is 265 g/mol. The van der Waals surface area contributed by atoms with Gasteiger partial charge in [-0.1, -0.05) is 24.3 Å². The third-order valence-corrected chi connectivity index (χ3v) is 2.84. The molecule has 5 heteroatoms. The first-order chi connectivity index (χ1) is 8.93. The maximum Gasteiger partial charge on any atom is 0.216 e. The van der Waals surface area contributed by atoms with E-state index in [1.165, 1.54) is 13.8 Å². The number of carbonyl (C=O) groups is 2. The van der Waals surface area contributed by atoms with Crippen LogP contribution in [-0.4, -0.2) is 34.6 Å². The molecule has 19 heavy (non-hydrogen) atoms. The minimum atomic E-state index is -1.14. The Balaban J connectivity index is 2.73. The van der Waals surface area contributed by atoms with E-state index in [1.54, 1.807) is 24.3 Å². The van der Waals surface area contributed by atoms with Gasteiger partial charge >= 0.3 is 0 Å². The predicted octanol–water partition coefficient (Wildman–Crippen LogP) is 0.810. The van der Waals surface area contributed by atoms with Gasteiger partial charge in [0.2, 0.25) is 5.91 Å². The van der Waals surface area contributed by atoms with Crippen molar-refractivity contribution in [2.45, 2.75) is 32.5 Å². The molecule has 0 spiro atoms. The quantitative estimate of drug-likeness (QED) is 0.664. The lowest BCUT2D eigenvalue weighted by atomic mass is 9.95. The van der Waals surface area contributed by atoms with E-state index in [9.17, 15) is 19.8 Å². The molecule has 0 aliphatic rings. The summed E-state index contributed by atoms with van der Waals surface area (Å²) in [6, 6.07) is 6.63. The number of hydrogen-bond acceptors (Lipinski definition) is 4. The van der Waals surface area contributed by atoms with E-state index in [0.29, 0.717) is 11.1 Å². The zero-order valence-electron chi connectivity index (χ0n) is 11.1. The van der Waals surface area contributed by atoms with Crippen LogP contribution in [0.5, 0.6) is 0 Å². The van der Waals surface area contributed by atoms with E-state index in [1.807, 2.05) is 0 Å². The fraction of sp³-hybridized carbons (Fsp3) is 0.429. The lowest BCUT2D eigenvalue weighted by molar-refractivity contribution is -0.119. The molecule has 1 amide bonds. The van der Waals surface area contributed by atoms with Crippen molar-refractivity contribution in [3.05, 3.63) is 35.4 Å². The summed E-state index contributed by atoms with van der Waals surface area (Å²) in [6.45, 7) is 3.07. The largest absolute Gasteiger partial charge is 0.390 e. The molecule has 2 unspecified atom stereocenters. The third kappa shape index (κ3) is 4.46. The number of benzene rings is 1. The van der Waals surface area contributed by atoms with Crippen LogP contribution in [0.1, 0.15) is 42.3 Å². The van der Waals surface area contributed by atoms with E-state index in [2.05, 4.69) is 5.32 Å². The summed E-state index contributed by atoms with van der Waals surface area (Å²) in [6.07, 6.45) is -1.96. The van der Waals surface area contributed by atoms with Crippen molar-refractivity contribution in [1.82, 2.24) is 5.32 Å². The predicted molar refractivity (Wildman–Crippen MR) is 70.7 cm³/mol. The first-order valence-electron chi connectivity index (χ1n) is 6.14. The van der Waals surface area contributed by atoms with Crippen LogP contribution in [0.3, 0.4) is 0 Å². The van der Waals surface area contributed by atoms with Gasteiger partial charge in [-0.15, -0.1) is 0 Å². The maximum atomic E-state index is 11.4. The SMILES string of the molecule is CC(=O)NCCC(O)C(O)c1ccccc1C(C)=O. The molecule has 1 rings (SSSR count). The molecule has 3 N–H and O–H groups in total. The van der Waals surface area contributed by atoms with Gasteiger partial charge in [0.05, 0.1) is 6.10 Å². The average Bonchev–Trinajstić information content (AvgIpc) is 2.37. The van der Waals surface area contributed by atoms with Crippen LogP contribution in [0, 0.1) is 0 Å². The van der Waals surface area contributed by atoms with Gasteiger partial charge in [0.15, 0.2) is 5.78 Å². The van der Waals surface area contributed by atoms with Gasteiger partial charge < -0.3 is 15.5 Å². The van der Waals surface area contributed by atoms with E-state index >= 15 is 0 Å². The highest BCUT2D eigenvalue weighted by atomic mass is 16.3. The van der Waals surface area contributed by atoms with E-state index in [4.69, 9.17) is 0 Å². The van der Waals surface area contributed by atoms with Crippen molar-refractivity contribution in [3.63, 3.8) is 0 Å². The second-order valence-electron chi connectivity index (χ2n) is 4.43. The van der Waals surface area contributed by atoms with Crippen molar-refractivity contribution in [1.29, 1.82) is 0 Å². The Morgan fingerprint density at radius 2 is 1.84 bits per heavy atom. The summed E-state index contributed by atoms with van der Waals surface area (Å²) in [5.41, 5.74) is 0.805. The number of ketones is 1.